The zero-order valence-electron chi connectivity index (χ0n) is 25.9. The number of nitrogens with zero attached hydrogens (tertiary/aromatic N) is 3. The van der Waals surface area contributed by atoms with Gasteiger partial charge in [-0.2, -0.15) is 0 Å². The van der Waals surface area contributed by atoms with Gasteiger partial charge >= 0.3 is 5.97 Å². The van der Waals surface area contributed by atoms with Gasteiger partial charge in [0.05, 0.1) is 7.11 Å². The lowest BCUT2D eigenvalue weighted by molar-refractivity contribution is -0.150. The average molecular weight is 682 g/mol. The number of rotatable bonds is 11. The zero-order valence-corrected chi connectivity index (χ0v) is 27.5. The number of anilines is 1. The first kappa shape index (κ1) is 32.5. The fraction of sp³-hybridized carbons (Fsp3) is 0.171. The number of thiazole rings is 1. The lowest BCUT2D eigenvalue weighted by Crippen LogP contribution is -2.71. The van der Waals surface area contributed by atoms with Crippen molar-refractivity contribution in [2.24, 2.45) is 5.16 Å². The van der Waals surface area contributed by atoms with Crippen molar-refractivity contribution in [2.45, 2.75) is 23.9 Å². The number of carbonyl (C=O) groups excluding carboxylic acids is 2. The molecule has 1 saturated heterocycles. The van der Waals surface area contributed by atoms with Gasteiger partial charge in [0.2, 0.25) is 5.60 Å². The summed E-state index contributed by atoms with van der Waals surface area (Å²) in [4.78, 5) is 51.6. The highest BCUT2D eigenvalue weighted by atomic mass is 32.2. The number of oxime groups is 1. The molecular weight excluding hydrogens is 651 g/mol. The van der Waals surface area contributed by atoms with Crippen LogP contribution in [0.5, 0.6) is 5.75 Å². The number of allylic oxidation sites excluding steroid dienone is 2. The SMILES string of the molecule is CC=CC1=C(C(=O)O)N2C(=O)C(NC(=O)C(=NOC(c3ccccc3)(c3ccccc3)c3ccc(OC)cc3)c3csc(N)n3)[C@@H]2SC1. The number of nitrogens with one attached hydrogen (secondary N) is 1. The molecule has 2 amide bonds. The van der Waals surface area contributed by atoms with Crippen LogP contribution in [0.15, 0.2) is 119 Å². The number of thioether (sulfide) groups is 1. The Morgan fingerprint density at radius 1 is 1.04 bits per heavy atom. The quantitative estimate of drug-likeness (QED) is 0.0879. The molecule has 4 aromatic rings. The van der Waals surface area contributed by atoms with Crippen LogP contribution < -0.4 is 15.8 Å². The normalized spacial score (nSPS) is 17.9. The lowest BCUT2D eigenvalue weighted by atomic mass is 9.80. The number of hydrogen-bond acceptors (Lipinski definition) is 10. The van der Waals surface area contributed by atoms with E-state index in [4.69, 9.17) is 15.3 Å². The van der Waals surface area contributed by atoms with Crippen molar-refractivity contribution in [3.8, 4) is 5.75 Å². The molecule has 0 bridgehead atoms. The maximum Gasteiger partial charge on any atom is 0.352 e. The van der Waals surface area contributed by atoms with Crippen molar-refractivity contribution >= 4 is 51.7 Å². The molecule has 244 valence electrons. The zero-order chi connectivity index (χ0) is 33.8. The molecule has 13 heteroatoms. The van der Waals surface area contributed by atoms with Gasteiger partial charge in [-0.1, -0.05) is 90.1 Å². The van der Waals surface area contributed by atoms with Crippen LogP contribution in [-0.2, 0) is 24.8 Å². The first-order chi connectivity index (χ1) is 23.3. The summed E-state index contributed by atoms with van der Waals surface area (Å²) in [5, 5.41) is 18.3. The second-order valence-electron chi connectivity index (χ2n) is 10.8. The monoisotopic (exact) mass is 681 g/mol. The number of hydrogen-bond donors (Lipinski definition) is 3. The van der Waals surface area contributed by atoms with E-state index in [2.05, 4.69) is 15.5 Å². The minimum Gasteiger partial charge on any atom is -0.497 e. The van der Waals surface area contributed by atoms with Crippen molar-refractivity contribution in [3.05, 3.63) is 136 Å². The number of nitrogens with two attached hydrogens (primary N) is 1. The topological polar surface area (TPSA) is 156 Å². The maximum absolute atomic E-state index is 14.0. The highest BCUT2D eigenvalue weighted by Gasteiger charge is 2.54. The van der Waals surface area contributed by atoms with Crippen LogP contribution in [-0.4, -0.2) is 62.8 Å². The summed E-state index contributed by atoms with van der Waals surface area (Å²) in [5.41, 5.74) is 7.18. The van der Waals surface area contributed by atoms with E-state index in [0.717, 1.165) is 22.5 Å². The summed E-state index contributed by atoms with van der Waals surface area (Å²) in [6.45, 7) is 1.78. The molecule has 1 aromatic heterocycles. The van der Waals surface area contributed by atoms with Gasteiger partial charge in [0.15, 0.2) is 10.8 Å². The smallest absolute Gasteiger partial charge is 0.352 e. The first-order valence-corrected chi connectivity index (χ1v) is 16.8. The van der Waals surface area contributed by atoms with E-state index in [9.17, 15) is 19.5 Å². The molecule has 1 unspecified atom stereocenters. The van der Waals surface area contributed by atoms with Crippen molar-refractivity contribution < 1.29 is 29.1 Å². The molecule has 1 fully saturated rings. The van der Waals surface area contributed by atoms with Crippen LogP contribution in [0.2, 0.25) is 0 Å². The number of fused-ring (bicyclic) bond motifs is 1. The third-order valence-corrected chi connectivity index (χ3v) is 9.94. The van der Waals surface area contributed by atoms with Gasteiger partial charge < -0.3 is 25.7 Å². The largest absolute Gasteiger partial charge is 0.497 e. The summed E-state index contributed by atoms with van der Waals surface area (Å²) in [6, 6.07) is 25.3. The van der Waals surface area contributed by atoms with Gasteiger partial charge in [0.25, 0.3) is 11.8 Å². The van der Waals surface area contributed by atoms with E-state index in [0.29, 0.717) is 22.6 Å². The first-order valence-electron chi connectivity index (χ1n) is 14.9. The molecule has 11 nitrogen and oxygen atoms in total. The molecule has 3 heterocycles. The summed E-state index contributed by atoms with van der Waals surface area (Å²) in [6.07, 6.45) is 3.40. The summed E-state index contributed by atoms with van der Waals surface area (Å²) < 4.78 is 5.41. The third kappa shape index (κ3) is 5.93. The van der Waals surface area contributed by atoms with E-state index in [1.165, 1.54) is 16.7 Å². The Hall–Kier alpha value is -5.40. The number of ether oxygens (including phenoxy) is 1. The van der Waals surface area contributed by atoms with E-state index < -0.39 is 34.8 Å². The van der Waals surface area contributed by atoms with Crippen LogP contribution >= 0.6 is 23.1 Å². The van der Waals surface area contributed by atoms with Crippen molar-refractivity contribution in [1.82, 2.24) is 15.2 Å². The van der Waals surface area contributed by atoms with Gasteiger partial charge in [-0.15, -0.1) is 23.1 Å². The van der Waals surface area contributed by atoms with Gasteiger partial charge in [0, 0.05) is 27.8 Å². The van der Waals surface area contributed by atoms with E-state index in [-0.39, 0.29) is 22.2 Å². The molecule has 0 spiro atoms. The van der Waals surface area contributed by atoms with Crippen LogP contribution in [0.25, 0.3) is 0 Å². The van der Waals surface area contributed by atoms with Gasteiger partial charge in [-0.25, -0.2) is 9.78 Å². The van der Waals surface area contributed by atoms with Gasteiger partial charge in [0.1, 0.15) is 28.6 Å². The highest BCUT2D eigenvalue weighted by molar-refractivity contribution is 8.00. The molecule has 2 aliphatic heterocycles. The predicted molar refractivity (Wildman–Crippen MR) is 184 cm³/mol. The van der Waals surface area contributed by atoms with Crippen LogP contribution in [0.4, 0.5) is 5.13 Å². The molecule has 0 aliphatic carbocycles. The van der Waals surface area contributed by atoms with Crippen molar-refractivity contribution in [2.75, 3.05) is 18.6 Å². The molecule has 0 saturated carbocycles. The Morgan fingerprint density at radius 2 is 1.67 bits per heavy atom. The number of carboxylic acid groups (broad SMARTS) is 1. The highest BCUT2D eigenvalue weighted by Crippen LogP contribution is 2.42. The lowest BCUT2D eigenvalue weighted by Gasteiger charge is -2.49. The van der Waals surface area contributed by atoms with Crippen molar-refractivity contribution in [3.63, 3.8) is 0 Å². The third-order valence-electron chi connectivity index (χ3n) is 7.97. The molecule has 6 rings (SSSR count). The summed E-state index contributed by atoms with van der Waals surface area (Å²) in [5.74, 6) is -1.48. The Bertz CT molecular complexity index is 1890. The van der Waals surface area contributed by atoms with Crippen LogP contribution in [0.1, 0.15) is 29.3 Å². The van der Waals surface area contributed by atoms with Gasteiger partial charge in [-0.3, -0.25) is 14.5 Å². The number of nitrogen functional groups attached to an aromatic ring is 1. The number of amides is 2. The number of carbonyl (C=O) groups is 3. The van der Waals surface area contributed by atoms with Crippen molar-refractivity contribution in [1.29, 1.82) is 0 Å². The number of carboxylic acids is 1. The number of β-lactam (4-membered cyclic amide) rings is 1. The average Bonchev–Trinajstić information content (AvgIpc) is 3.55. The molecule has 48 heavy (non-hydrogen) atoms. The standard InChI is InChI=1S/C35H31N5O6S2/c1-3-10-21-19-47-32-28(31(42)40(32)29(21)33(43)44)38-30(41)27(26-20-48-34(36)37-26)39-46-35(22-11-6-4-7-12-22,23-13-8-5-9-14-23)24-15-17-25(45-2)18-16-24/h3-18,20,28,32H,19H2,1-2H3,(H2,36,37)(H,38,41)(H,43,44)/t28?,32-/m0/s1. The van der Waals surface area contributed by atoms with E-state index in [1.807, 2.05) is 84.9 Å². The Morgan fingerprint density at radius 3 is 2.21 bits per heavy atom. The molecule has 2 aliphatic rings. The molecule has 3 aromatic carbocycles. The van der Waals surface area contributed by atoms with E-state index >= 15 is 0 Å². The van der Waals surface area contributed by atoms with Crippen LogP contribution in [0, 0.1) is 0 Å². The summed E-state index contributed by atoms with van der Waals surface area (Å²) in [7, 11) is 1.58. The Kier molecular flexibility index (Phi) is 9.33. The molecule has 0 radical (unpaired) electrons. The minimum absolute atomic E-state index is 0.0909. The number of methoxy groups -OCH3 is 1. The maximum atomic E-state index is 14.0. The summed E-state index contributed by atoms with van der Waals surface area (Å²) >= 11 is 2.48. The number of benzene rings is 3. The second kappa shape index (κ2) is 13.8. The Balaban J connectivity index is 1.41. The molecule has 4 N–H and O–H groups in total. The molecular formula is C35H31N5O6S2. The molecule has 2 atom stereocenters. The fourth-order valence-electron chi connectivity index (χ4n) is 5.73. The number of aromatic nitrogens is 1. The van der Waals surface area contributed by atoms with E-state index in [1.54, 1.807) is 31.6 Å². The second-order valence-corrected chi connectivity index (χ2v) is 12.8. The minimum atomic E-state index is -1.34. The number of aliphatic carboxylic acids is 1. The van der Waals surface area contributed by atoms with Crippen LogP contribution in [0.3, 0.4) is 0 Å². The fourth-order valence-corrected chi connectivity index (χ4v) is 7.59. The Labute approximate surface area is 284 Å². The predicted octanol–water partition coefficient (Wildman–Crippen LogP) is 4.76. The van der Waals surface area contributed by atoms with Gasteiger partial charge in [-0.05, 0) is 24.6 Å².